The first kappa shape index (κ1) is 23.4. The fourth-order valence-electron chi connectivity index (χ4n) is 2.16. The van der Waals surface area contributed by atoms with E-state index in [-0.39, 0.29) is 6.16 Å². The lowest BCUT2D eigenvalue weighted by molar-refractivity contribution is -0.167. The summed E-state index contributed by atoms with van der Waals surface area (Å²) in [6.07, 6.45) is 0.213. The van der Waals surface area contributed by atoms with E-state index in [9.17, 15) is 9.36 Å². The van der Waals surface area contributed by atoms with Gasteiger partial charge in [-0.1, -0.05) is 0 Å². The van der Waals surface area contributed by atoms with Gasteiger partial charge in [-0.05, 0) is 54.9 Å². The summed E-state index contributed by atoms with van der Waals surface area (Å²) in [5.74, 6) is 0. The topological polar surface area (TPSA) is 83.1 Å². The summed E-state index contributed by atoms with van der Waals surface area (Å²) in [5.41, 5.74) is -1.83. The Balaban J connectivity index is 4.72. The van der Waals surface area contributed by atoms with Crippen LogP contribution in [0.1, 0.15) is 54.9 Å². The Kier molecular flexibility index (Phi) is 10.1. The molecule has 1 N–H and O–H groups in total. The summed E-state index contributed by atoms with van der Waals surface area (Å²) in [7, 11) is -3.21. The molecule has 1 amide bonds. The zero-order valence-corrected chi connectivity index (χ0v) is 17.0. The molecule has 24 heavy (non-hydrogen) atoms. The van der Waals surface area contributed by atoms with E-state index in [1.807, 2.05) is 13.8 Å². The van der Waals surface area contributed by atoms with Crippen LogP contribution in [0.4, 0.5) is 4.79 Å². The Hall–Kier alpha value is -0.620. The zero-order valence-electron chi connectivity index (χ0n) is 16.1. The summed E-state index contributed by atoms with van der Waals surface area (Å²) < 4.78 is 35.2. The molecule has 0 fully saturated rings. The van der Waals surface area contributed by atoms with Gasteiger partial charge in [0.25, 0.3) is 7.37 Å². The molecule has 0 aromatic heterocycles. The smallest absolute Gasteiger partial charge is 0.407 e. The van der Waals surface area contributed by atoms with Crippen molar-refractivity contribution in [2.75, 3.05) is 32.5 Å². The number of carbonyl (C=O) groups excluding carboxylic acids is 1. The van der Waals surface area contributed by atoms with Crippen molar-refractivity contribution in [1.82, 2.24) is 5.32 Å². The van der Waals surface area contributed by atoms with Gasteiger partial charge in [0.2, 0.25) is 5.53 Å². The second-order valence-electron chi connectivity index (χ2n) is 6.36. The number of carbonyl (C=O) groups is 1. The number of nitrogens with one attached hydrogen (secondary N) is 1. The molecule has 0 saturated heterocycles. The van der Waals surface area contributed by atoms with Crippen LogP contribution in [0, 0.1) is 0 Å². The minimum atomic E-state index is -3.21. The van der Waals surface area contributed by atoms with E-state index in [0.29, 0.717) is 32.8 Å². The summed E-state index contributed by atoms with van der Waals surface area (Å²) in [6.45, 7) is 13.8. The molecule has 0 aromatic rings. The lowest BCUT2D eigenvalue weighted by Crippen LogP contribution is -2.36. The average molecular weight is 367 g/mol. The van der Waals surface area contributed by atoms with Gasteiger partial charge in [0.1, 0.15) is 5.60 Å². The first-order valence-corrected chi connectivity index (χ1v) is 10.3. The molecule has 0 saturated carbocycles. The Labute approximate surface area is 146 Å². The van der Waals surface area contributed by atoms with Crippen LogP contribution >= 0.6 is 7.37 Å². The number of amides is 1. The maximum Gasteiger partial charge on any atom is 0.407 e. The molecule has 1 atom stereocenters. The molecule has 0 heterocycles. The van der Waals surface area contributed by atoms with Crippen LogP contribution in [0.15, 0.2) is 0 Å². The summed E-state index contributed by atoms with van der Waals surface area (Å²) in [4.78, 5) is 11.6. The summed E-state index contributed by atoms with van der Waals surface area (Å²) >= 11 is 0. The van der Waals surface area contributed by atoms with Crippen LogP contribution in [0.2, 0.25) is 0 Å². The molecule has 0 bridgehead atoms. The minimum Gasteiger partial charge on any atom is -0.444 e. The SMILES string of the molecule is CCOC(C)(OCC)P(=O)(CCCNC(=O)OC(C)(C)C)OCC. The third-order valence-electron chi connectivity index (χ3n) is 3.08. The van der Waals surface area contributed by atoms with Crippen LogP contribution in [0.25, 0.3) is 0 Å². The highest BCUT2D eigenvalue weighted by atomic mass is 31.2. The van der Waals surface area contributed by atoms with Gasteiger partial charge in [-0.3, -0.25) is 4.57 Å². The van der Waals surface area contributed by atoms with Gasteiger partial charge >= 0.3 is 6.09 Å². The van der Waals surface area contributed by atoms with Gasteiger partial charge in [0, 0.05) is 25.9 Å². The Morgan fingerprint density at radius 1 is 1.00 bits per heavy atom. The Morgan fingerprint density at radius 2 is 1.54 bits per heavy atom. The van der Waals surface area contributed by atoms with Crippen molar-refractivity contribution < 1.29 is 28.1 Å². The highest BCUT2D eigenvalue weighted by molar-refractivity contribution is 7.60. The van der Waals surface area contributed by atoms with Crippen LogP contribution in [-0.4, -0.2) is 49.7 Å². The maximum absolute atomic E-state index is 13.3. The standard InChI is InChI=1S/C16H34NO6P/c1-8-20-16(7,21-9-2)24(19,22-10-3)13-11-12-17-14(18)23-15(4,5)6/h8-13H2,1-7H3,(H,17,18). The van der Waals surface area contributed by atoms with Crippen molar-refractivity contribution in [3.05, 3.63) is 0 Å². The molecule has 0 radical (unpaired) electrons. The molecular weight excluding hydrogens is 333 g/mol. The highest BCUT2D eigenvalue weighted by Crippen LogP contribution is 2.60. The van der Waals surface area contributed by atoms with Crippen LogP contribution in [-0.2, 0) is 23.3 Å². The van der Waals surface area contributed by atoms with Gasteiger partial charge in [-0.2, -0.15) is 0 Å². The van der Waals surface area contributed by atoms with Crippen molar-refractivity contribution >= 4 is 13.5 Å². The van der Waals surface area contributed by atoms with Crippen LogP contribution < -0.4 is 5.32 Å². The van der Waals surface area contributed by atoms with Gasteiger partial charge in [-0.25, -0.2) is 4.79 Å². The number of hydrogen-bond donors (Lipinski definition) is 1. The van der Waals surface area contributed by atoms with Crippen molar-refractivity contribution in [2.24, 2.45) is 0 Å². The molecule has 144 valence electrons. The van der Waals surface area contributed by atoms with E-state index in [4.69, 9.17) is 18.7 Å². The van der Waals surface area contributed by atoms with E-state index in [1.165, 1.54) is 0 Å². The number of ether oxygens (including phenoxy) is 3. The van der Waals surface area contributed by atoms with Crippen molar-refractivity contribution in [1.29, 1.82) is 0 Å². The van der Waals surface area contributed by atoms with Crippen LogP contribution in [0.3, 0.4) is 0 Å². The van der Waals surface area contributed by atoms with Gasteiger partial charge in [0.15, 0.2) is 0 Å². The Bertz CT molecular complexity index is 415. The first-order chi connectivity index (χ1) is 11.0. The highest BCUT2D eigenvalue weighted by Gasteiger charge is 2.47. The molecule has 7 nitrogen and oxygen atoms in total. The van der Waals surface area contributed by atoms with E-state index in [0.717, 1.165) is 0 Å². The van der Waals surface area contributed by atoms with Gasteiger partial charge in [0.05, 0.1) is 6.61 Å². The fourth-order valence-corrected chi connectivity index (χ4v) is 4.57. The normalized spacial score (nSPS) is 15.0. The largest absolute Gasteiger partial charge is 0.444 e. The fraction of sp³-hybridized carbons (Fsp3) is 0.938. The lowest BCUT2D eigenvalue weighted by atomic mass is 10.2. The molecule has 0 aromatic carbocycles. The quantitative estimate of drug-likeness (QED) is 0.338. The van der Waals surface area contributed by atoms with Crippen LogP contribution in [0.5, 0.6) is 0 Å². The second-order valence-corrected chi connectivity index (χ2v) is 9.23. The Morgan fingerprint density at radius 3 is 1.96 bits per heavy atom. The average Bonchev–Trinajstić information content (AvgIpc) is 2.42. The molecule has 1 unspecified atom stereocenters. The number of alkyl carbamates (subject to hydrolysis) is 1. The molecule has 0 aliphatic heterocycles. The molecule has 0 aliphatic rings. The van der Waals surface area contributed by atoms with Crippen molar-refractivity contribution in [2.45, 2.75) is 66.0 Å². The number of rotatable bonds is 11. The van der Waals surface area contributed by atoms with E-state index >= 15 is 0 Å². The third-order valence-corrected chi connectivity index (χ3v) is 6.15. The zero-order chi connectivity index (χ0) is 18.9. The monoisotopic (exact) mass is 367 g/mol. The van der Waals surface area contributed by atoms with Gasteiger partial charge < -0.3 is 24.1 Å². The minimum absolute atomic E-state index is 0.243. The predicted octanol–water partition coefficient (Wildman–Crippen LogP) is 3.96. The van der Waals surface area contributed by atoms with Gasteiger partial charge in [-0.15, -0.1) is 0 Å². The summed E-state index contributed by atoms with van der Waals surface area (Å²) in [6, 6.07) is 0. The molecule has 0 spiro atoms. The van der Waals surface area contributed by atoms with E-state index in [1.54, 1.807) is 34.6 Å². The molecule has 0 aliphatic carbocycles. The second kappa shape index (κ2) is 10.4. The first-order valence-electron chi connectivity index (χ1n) is 8.52. The maximum atomic E-state index is 13.3. The molecular formula is C16H34NO6P. The van der Waals surface area contributed by atoms with E-state index < -0.39 is 24.6 Å². The third kappa shape index (κ3) is 7.97. The van der Waals surface area contributed by atoms with Crippen molar-refractivity contribution in [3.8, 4) is 0 Å². The summed E-state index contributed by atoms with van der Waals surface area (Å²) in [5, 5.41) is 2.65. The predicted molar refractivity (Wildman–Crippen MR) is 94.6 cm³/mol. The lowest BCUT2D eigenvalue weighted by Gasteiger charge is -2.36. The van der Waals surface area contributed by atoms with Crippen molar-refractivity contribution in [3.63, 3.8) is 0 Å². The molecule has 8 heteroatoms. The van der Waals surface area contributed by atoms with E-state index in [2.05, 4.69) is 5.32 Å². The molecule has 0 rings (SSSR count). The number of hydrogen-bond acceptors (Lipinski definition) is 6.